The minimum absolute atomic E-state index is 0.0837. The monoisotopic (exact) mass is 221 g/mol. The molecule has 0 amide bonds. The fourth-order valence-electron chi connectivity index (χ4n) is 1.28. The molecule has 0 radical (unpaired) electrons. The minimum Gasteiger partial charge on any atom is -0.507 e. The van der Waals surface area contributed by atoms with E-state index in [-0.39, 0.29) is 11.7 Å². The van der Waals surface area contributed by atoms with Crippen LogP contribution >= 0.6 is 0 Å². The van der Waals surface area contributed by atoms with Crippen LogP contribution in [0.1, 0.15) is 19.4 Å². The standard InChI is InChI=1S/C12H15NO3/c1-8(2)11(12(15)16)13-7-9-5-3-4-6-10(9)14/h3-8,11,14H,1-2H3,(H,15,16)/b13-7+/t11-/m0/s1. The highest BCUT2D eigenvalue weighted by Crippen LogP contribution is 2.14. The first-order chi connectivity index (χ1) is 7.52. The summed E-state index contributed by atoms with van der Waals surface area (Å²) in [7, 11) is 0. The molecule has 0 heterocycles. The molecule has 0 bridgehead atoms. The van der Waals surface area contributed by atoms with E-state index in [4.69, 9.17) is 5.11 Å². The Morgan fingerprint density at radius 1 is 1.38 bits per heavy atom. The smallest absolute Gasteiger partial charge is 0.328 e. The van der Waals surface area contributed by atoms with Crippen molar-refractivity contribution < 1.29 is 15.0 Å². The molecule has 86 valence electrons. The molecule has 0 fully saturated rings. The van der Waals surface area contributed by atoms with Gasteiger partial charge in [0.25, 0.3) is 0 Å². The summed E-state index contributed by atoms with van der Waals surface area (Å²) in [6.07, 6.45) is 1.40. The fraction of sp³-hybridized carbons (Fsp3) is 0.333. The van der Waals surface area contributed by atoms with E-state index < -0.39 is 12.0 Å². The van der Waals surface area contributed by atoms with Gasteiger partial charge in [-0.2, -0.15) is 0 Å². The van der Waals surface area contributed by atoms with Crippen molar-refractivity contribution in [2.24, 2.45) is 10.9 Å². The number of para-hydroxylation sites is 1. The first kappa shape index (κ1) is 12.2. The highest BCUT2D eigenvalue weighted by molar-refractivity contribution is 5.86. The molecule has 0 unspecified atom stereocenters. The number of rotatable bonds is 4. The Bertz CT molecular complexity index is 399. The number of phenolic OH excluding ortho intramolecular Hbond substituents is 1. The highest BCUT2D eigenvalue weighted by atomic mass is 16.4. The second-order valence-corrected chi connectivity index (χ2v) is 3.86. The van der Waals surface area contributed by atoms with E-state index in [1.54, 1.807) is 32.0 Å². The predicted molar refractivity (Wildman–Crippen MR) is 62.0 cm³/mol. The summed E-state index contributed by atoms with van der Waals surface area (Å²) in [6.45, 7) is 3.59. The van der Waals surface area contributed by atoms with Gasteiger partial charge in [0.2, 0.25) is 0 Å². The van der Waals surface area contributed by atoms with Gasteiger partial charge in [-0.3, -0.25) is 4.99 Å². The molecule has 4 nitrogen and oxygen atoms in total. The summed E-state index contributed by atoms with van der Waals surface area (Å²) in [5.74, 6) is -0.944. The van der Waals surface area contributed by atoms with Crippen LogP contribution in [-0.2, 0) is 4.79 Å². The van der Waals surface area contributed by atoms with Crippen molar-refractivity contribution in [2.75, 3.05) is 0 Å². The molecular weight excluding hydrogens is 206 g/mol. The number of nitrogens with zero attached hydrogens (tertiary/aromatic N) is 1. The van der Waals surface area contributed by atoms with Crippen LogP contribution < -0.4 is 0 Å². The Morgan fingerprint density at radius 3 is 2.50 bits per heavy atom. The van der Waals surface area contributed by atoms with Crippen molar-refractivity contribution in [3.8, 4) is 5.75 Å². The van der Waals surface area contributed by atoms with E-state index in [2.05, 4.69) is 4.99 Å². The summed E-state index contributed by atoms with van der Waals surface area (Å²) in [5.41, 5.74) is 0.523. The molecule has 16 heavy (non-hydrogen) atoms. The number of phenols is 1. The minimum atomic E-state index is -0.957. The number of benzene rings is 1. The van der Waals surface area contributed by atoms with Gasteiger partial charge in [-0.15, -0.1) is 0 Å². The van der Waals surface area contributed by atoms with Crippen molar-refractivity contribution in [2.45, 2.75) is 19.9 Å². The number of aliphatic carboxylic acids is 1. The van der Waals surface area contributed by atoms with Crippen LogP contribution in [0.4, 0.5) is 0 Å². The molecule has 0 aliphatic carbocycles. The van der Waals surface area contributed by atoms with Gasteiger partial charge in [0.15, 0.2) is 0 Å². The lowest BCUT2D eigenvalue weighted by atomic mass is 10.1. The zero-order valence-electron chi connectivity index (χ0n) is 9.29. The van der Waals surface area contributed by atoms with Crippen molar-refractivity contribution in [1.29, 1.82) is 0 Å². The van der Waals surface area contributed by atoms with Crippen LogP contribution in [0, 0.1) is 5.92 Å². The van der Waals surface area contributed by atoms with Crippen molar-refractivity contribution >= 4 is 12.2 Å². The van der Waals surface area contributed by atoms with Gasteiger partial charge in [0, 0.05) is 11.8 Å². The van der Waals surface area contributed by atoms with Crippen LogP contribution in [0.5, 0.6) is 5.75 Å². The Morgan fingerprint density at radius 2 is 2.00 bits per heavy atom. The van der Waals surface area contributed by atoms with Crippen LogP contribution in [0.3, 0.4) is 0 Å². The fourth-order valence-corrected chi connectivity index (χ4v) is 1.28. The lowest BCUT2D eigenvalue weighted by Gasteiger charge is -2.10. The van der Waals surface area contributed by atoms with Crippen molar-refractivity contribution in [1.82, 2.24) is 0 Å². The quantitative estimate of drug-likeness (QED) is 0.763. The largest absolute Gasteiger partial charge is 0.507 e. The van der Waals surface area contributed by atoms with E-state index >= 15 is 0 Å². The molecule has 0 spiro atoms. The topological polar surface area (TPSA) is 69.9 Å². The summed E-state index contributed by atoms with van der Waals surface area (Å²) >= 11 is 0. The SMILES string of the molecule is CC(C)[C@H](/N=C/c1ccccc1O)C(=O)O. The second-order valence-electron chi connectivity index (χ2n) is 3.86. The van der Waals surface area contributed by atoms with Gasteiger partial charge >= 0.3 is 5.97 Å². The van der Waals surface area contributed by atoms with Gasteiger partial charge < -0.3 is 10.2 Å². The summed E-state index contributed by atoms with van der Waals surface area (Å²) < 4.78 is 0. The molecule has 0 aliphatic rings. The van der Waals surface area contributed by atoms with Crippen LogP contribution in [0.15, 0.2) is 29.3 Å². The van der Waals surface area contributed by atoms with E-state index in [0.717, 1.165) is 0 Å². The summed E-state index contributed by atoms with van der Waals surface area (Å²) in [6, 6.07) is 5.89. The number of aromatic hydroxyl groups is 1. The second kappa shape index (κ2) is 5.30. The Labute approximate surface area is 94.3 Å². The van der Waals surface area contributed by atoms with E-state index in [9.17, 15) is 9.90 Å². The molecule has 4 heteroatoms. The zero-order valence-corrected chi connectivity index (χ0v) is 9.29. The maximum atomic E-state index is 10.9. The molecule has 1 rings (SSSR count). The Balaban J connectivity index is 2.87. The van der Waals surface area contributed by atoms with Crippen LogP contribution in [0.2, 0.25) is 0 Å². The summed E-state index contributed by atoms with van der Waals surface area (Å²) in [4.78, 5) is 14.8. The predicted octanol–water partition coefficient (Wildman–Crippen LogP) is 1.92. The Kier molecular flexibility index (Phi) is 4.05. The van der Waals surface area contributed by atoms with Gasteiger partial charge in [-0.25, -0.2) is 4.79 Å². The third-order valence-electron chi connectivity index (χ3n) is 2.20. The van der Waals surface area contributed by atoms with Gasteiger partial charge in [0.05, 0.1) is 0 Å². The molecule has 1 aromatic carbocycles. The van der Waals surface area contributed by atoms with Crippen LogP contribution in [0.25, 0.3) is 0 Å². The molecule has 0 aromatic heterocycles. The lowest BCUT2D eigenvalue weighted by molar-refractivity contribution is -0.139. The molecule has 0 saturated heterocycles. The van der Waals surface area contributed by atoms with E-state index in [1.807, 2.05) is 0 Å². The first-order valence-corrected chi connectivity index (χ1v) is 5.06. The zero-order chi connectivity index (χ0) is 12.1. The normalized spacial score (nSPS) is 13.2. The van der Waals surface area contributed by atoms with Gasteiger partial charge in [0.1, 0.15) is 11.8 Å². The highest BCUT2D eigenvalue weighted by Gasteiger charge is 2.19. The lowest BCUT2D eigenvalue weighted by Crippen LogP contribution is -2.24. The summed E-state index contributed by atoms with van der Waals surface area (Å²) in [5, 5.41) is 18.4. The van der Waals surface area contributed by atoms with Gasteiger partial charge in [-0.05, 0) is 18.1 Å². The number of carboxylic acid groups (broad SMARTS) is 1. The molecule has 2 N–H and O–H groups in total. The third-order valence-corrected chi connectivity index (χ3v) is 2.20. The van der Waals surface area contributed by atoms with Gasteiger partial charge in [-0.1, -0.05) is 26.0 Å². The molecule has 0 saturated carbocycles. The maximum absolute atomic E-state index is 10.9. The Hall–Kier alpha value is -1.84. The van der Waals surface area contributed by atoms with Crippen molar-refractivity contribution in [3.05, 3.63) is 29.8 Å². The van der Waals surface area contributed by atoms with Crippen LogP contribution in [-0.4, -0.2) is 28.4 Å². The molecular formula is C12H15NO3. The number of aliphatic imine (C=N–C) groups is 1. The van der Waals surface area contributed by atoms with E-state index in [0.29, 0.717) is 5.56 Å². The number of carbonyl (C=O) groups is 1. The average Bonchev–Trinajstić information content (AvgIpc) is 2.20. The third kappa shape index (κ3) is 3.08. The number of carboxylic acids is 1. The molecule has 0 aliphatic heterocycles. The van der Waals surface area contributed by atoms with E-state index in [1.165, 1.54) is 12.3 Å². The molecule has 1 atom stereocenters. The number of hydrogen-bond acceptors (Lipinski definition) is 3. The maximum Gasteiger partial charge on any atom is 0.328 e. The molecule has 1 aromatic rings. The average molecular weight is 221 g/mol. The van der Waals surface area contributed by atoms with Crippen molar-refractivity contribution in [3.63, 3.8) is 0 Å². The first-order valence-electron chi connectivity index (χ1n) is 5.06. The number of hydrogen-bond donors (Lipinski definition) is 2.